The zero-order chi connectivity index (χ0) is 58.6. The minimum atomic E-state index is -0.247. The smallest absolute Gasteiger partial charge is 0.505 e. The normalized spacial score (nSPS) is 10.5. The van der Waals surface area contributed by atoms with Crippen LogP contribution >= 0.6 is 23.2 Å². The van der Waals surface area contributed by atoms with Gasteiger partial charge in [0.25, 0.3) is 0 Å². The van der Waals surface area contributed by atoms with Gasteiger partial charge in [-0.05, 0) is 70.3 Å². The Labute approximate surface area is 527 Å². The Kier molecular flexibility index (Phi) is 27.5. The summed E-state index contributed by atoms with van der Waals surface area (Å²) in [6, 6.07) is 53.9. The first-order valence-corrected chi connectivity index (χ1v) is 25.8. The van der Waals surface area contributed by atoms with E-state index in [0.717, 1.165) is 22.2 Å². The maximum Gasteiger partial charge on any atom is 2.00 e. The Balaban J connectivity index is 0.000000279. The molecule has 416 valence electrons. The Morgan fingerprint density at radius 3 is 0.988 bits per heavy atom. The minimum absolute atomic E-state index is 0. The van der Waals surface area contributed by atoms with Crippen LogP contribution in [0.15, 0.2) is 182 Å². The number of phenols is 2. The van der Waals surface area contributed by atoms with Crippen LogP contribution in [0.5, 0.6) is 17.2 Å². The van der Waals surface area contributed by atoms with Gasteiger partial charge in [-0.3, -0.25) is 0 Å². The van der Waals surface area contributed by atoms with Gasteiger partial charge in [-0.15, -0.1) is 78.5 Å². The molecule has 0 aliphatic carbocycles. The molecule has 0 radical (unpaired) electrons. The number of nitrogens with zero attached hydrogens (tertiary/aromatic N) is 6. The number of carbonyl (C=O) groups excluding carboxylic acids is 4. The minimum Gasteiger partial charge on any atom is -0.505 e. The van der Waals surface area contributed by atoms with Crippen LogP contribution in [-0.2, 0) is 87.8 Å². The Bertz CT molecular complexity index is 3450. The molecule has 17 heteroatoms. The van der Waals surface area contributed by atoms with Gasteiger partial charge in [0.2, 0.25) is 0 Å². The molecule has 82 heavy (non-hydrogen) atoms. The summed E-state index contributed by atoms with van der Waals surface area (Å²) in [4.78, 5) is 42.4. The molecule has 0 amide bonds. The number of fused-ring (bicyclic) bond motifs is 2. The second-order valence-electron chi connectivity index (χ2n) is 20.8. The molecule has 10 aromatic rings. The fourth-order valence-corrected chi connectivity index (χ4v) is 7.56. The number of aromatic hydroxyl groups is 2. The summed E-state index contributed by atoms with van der Waals surface area (Å²) in [6.45, 7) is 18.8. The number of hydrogen-bond donors (Lipinski definition) is 2. The molecule has 0 saturated heterocycles. The third kappa shape index (κ3) is 20.8. The van der Waals surface area contributed by atoms with Crippen LogP contribution in [0.25, 0.3) is 33.4 Å². The number of rotatable bonds is 7. The number of methoxy groups -OCH3 is 1. The molecule has 0 unspecified atom stereocenters. The maximum absolute atomic E-state index is 10.9. The first-order valence-electron chi connectivity index (χ1n) is 25.1. The zero-order valence-corrected chi connectivity index (χ0v) is 53.6. The van der Waals surface area contributed by atoms with Gasteiger partial charge >= 0.3 is 52.4 Å². The van der Waals surface area contributed by atoms with E-state index in [-0.39, 0.29) is 80.2 Å². The number of ether oxygens (including phenoxy) is 1. The van der Waals surface area contributed by atoms with Crippen molar-refractivity contribution in [2.45, 2.75) is 78.6 Å². The molecule has 0 aliphatic heterocycles. The van der Waals surface area contributed by atoms with E-state index in [1.807, 2.05) is 63.2 Å². The summed E-state index contributed by atoms with van der Waals surface area (Å²) in [5.41, 5.74) is 8.56. The van der Waals surface area contributed by atoms with E-state index in [1.54, 1.807) is 166 Å². The van der Waals surface area contributed by atoms with E-state index in [4.69, 9.17) is 27.9 Å². The molecular weight excluding hydrogens is 1230 g/mol. The predicted molar refractivity (Wildman–Crippen MR) is 319 cm³/mol. The number of phenolic OH excluding ortho intramolecular Hbond substituents is 2. The van der Waals surface area contributed by atoms with Gasteiger partial charge in [0, 0.05) is 27.2 Å². The summed E-state index contributed by atoms with van der Waals surface area (Å²) in [5.74, 6) is 0.999. The Morgan fingerprint density at radius 1 is 0.402 bits per heavy atom. The summed E-state index contributed by atoms with van der Waals surface area (Å²) in [7, 11) is 1.59. The zero-order valence-electron chi connectivity index (χ0n) is 47.2. The average Bonchev–Trinajstić information content (AvgIpc) is 4.08. The molecule has 2 N–H and O–H groups in total. The van der Waals surface area contributed by atoms with Gasteiger partial charge in [0.15, 0.2) is 0 Å². The molecular formula is C65H62Cl2N6O7Zr2. The molecule has 2 aromatic heterocycles. The molecule has 0 fully saturated rings. The van der Waals surface area contributed by atoms with Crippen LogP contribution in [0, 0.1) is 0 Å². The molecule has 0 aliphatic rings. The second kappa shape index (κ2) is 32.6. The van der Waals surface area contributed by atoms with Crippen LogP contribution in [0.4, 0.5) is 0 Å². The fourth-order valence-electron chi connectivity index (χ4n) is 7.23. The third-order valence-corrected chi connectivity index (χ3v) is 12.0. The van der Waals surface area contributed by atoms with Crippen molar-refractivity contribution in [3.05, 3.63) is 231 Å². The summed E-state index contributed by atoms with van der Waals surface area (Å²) in [5, 5.41) is 40.7. The SMILES string of the molecule is CC(C)(C)c1cc(-n2nc3ccc(Cl)cc3n2)c(O)c(C(C)(C)C)c1.COc1cc(-n2nc3ccc(Cl)cc3n2)c(O)c(C(C)(C)C)c1.O=[C-]c1ccccc1.O=[C-]c1ccccc1.O=[C-]c1ccccc1.O=[C-]c1ccccc1.[Zr+2].[Zr+2]. The van der Waals surface area contributed by atoms with Crippen molar-refractivity contribution in [3.63, 3.8) is 0 Å². The van der Waals surface area contributed by atoms with Crippen LogP contribution in [0.1, 0.15) is 101 Å². The van der Waals surface area contributed by atoms with Crippen LogP contribution in [0.2, 0.25) is 10.0 Å². The average molecular weight is 1290 g/mol. The number of halogens is 2. The summed E-state index contributed by atoms with van der Waals surface area (Å²) < 4.78 is 5.36. The van der Waals surface area contributed by atoms with Crippen molar-refractivity contribution >= 4 is 70.4 Å². The summed E-state index contributed by atoms with van der Waals surface area (Å²) in [6.07, 6.45) is 7.11. The van der Waals surface area contributed by atoms with Crippen molar-refractivity contribution in [2.75, 3.05) is 7.11 Å². The molecule has 0 saturated carbocycles. The van der Waals surface area contributed by atoms with Crippen molar-refractivity contribution < 1.29 is 86.5 Å². The van der Waals surface area contributed by atoms with E-state index in [0.29, 0.717) is 66.0 Å². The maximum atomic E-state index is 10.9. The van der Waals surface area contributed by atoms with Crippen LogP contribution in [0.3, 0.4) is 0 Å². The fraction of sp³-hybridized carbons (Fsp3) is 0.200. The van der Waals surface area contributed by atoms with Crippen molar-refractivity contribution in [3.8, 4) is 28.6 Å². The van der Waals surface area contributed by atoms with E-state index < -0.39 is 0 Å². The second-order valence-corrected chi connectivity index (χ2v) is 21.7. The Morgan fingerprint density at radius 2 is 0.707 bits per heavy atom. The van der Waals surface area contributed by atoms with Crippen molar-refractivity contribution in [1.82, 2.24) is 30.0 Å². The molecule has 0 atom stereocenters. The summed E-state index contributed by atoms with van der Waals surface area (Å²) >= 11 is 12.0. The monoisotopic (exact) mass is 1290 g/mol. The van der Waals surface area contributed by atoms with E-state index in [2.05, 4.69) is 68.0 Å². The van der Waals surface area contributed by atoms with Crippen LogP contribution in [-0.4, -0.2) is 72.5 Å². The van der Waals surface area contributed by atoms with Gasteiger partial charge < -0.3 is 34.1 Å². The molecule has 2 heterocycles. The third-order valence-electron chi connectivity index (χ3n) is 11.6. The standard InChI is InChI=1S/C20H24ClN3O.C17H18ClN3O2.4C7H5O.2Zr/c1-19(2,3)12-9-14(20(4,5)6)18(25)17(10-12)24-22-15-8-7-13(21)11-16(15)23-24;1-17(2,3)12-8-11(23-4)9-15(16(12)22)21-19-13-6-5-10(18)7-14(13)20-21;4*8-6-7-4-2-1-3-5-7;;/h7-11,25H,1-6H3;5-9,22H,1-4H3;4*1-5H;;/q;;4*-1;2*+2. The van der Waals surface area contributed by atoms with Crippen molar-refractivity contribution in [1.29, 1.82) is 0 Å². The number of benzene rings is 8. The van der Waals surface area contributed by atoms with Gasteiger partial charge in [-0.2, -0.15) is 70.8 Å². The van der Waals surface area contributed by atoms with Crippen molar-refractivity contribution in [2.24, 2.45) is 0 Å². The first kappa shape index (κ1) is 69.3. The van der Waals surface area contributed by atoms with E-state index >= 15 is 0 Å². The molecule has 10 rings (SSSR count). The van der Waals surface area contributed by atoms with Gasteiger partial charge in [-0.1, -0.05) is 116 Å². The predicted octanol–water partition coefficient (Wildman–Crippen LogP) is 14.0. The molecule has 13 nitrogen and oxygen atoms in total. The van der Waals surface area contributed by atoms with Gasteiger partial charge in [-0.25, -0.2) is 0 Å². The molecule has 8 aromatic carbocycles. The quantitative estimate of drug-likeness (QED) is 0.145. The number of aromatic nitrogens is 6. The topological polar surface area (TPSA) is 179 Å². The molecule has 0 spiro atoms. The largest absolute Gasteiger partial charge is 2.00 e. The first-order chi connectivity index (χ1) is 38.0. The van der Waals surface area contributed by atoms with Gasteiger partial charge in [0.1, 0.15) is 50.7 Å². The number of hydrogen-bond acceptors (Lipinski definition) is 11. The Hall–Kier alpha value is -7.01. The van der Waals surface area contributed by atoms with Gasteiger partial charge in [0.05, 0.1) is 32.3 Å². The molecule has 0 bridgehead atoms. The van der Waals surface area contributed by atoms with E-state index in [1.165, 1.54) is 9.59 Å². The van der Waals surface area contributed by atoms with Crippen LogP contribution < -0.4 is 4.74 Å². The van der Waals surface area contributed by atoms with E-state index in [9.17, 15) is 29.4 Å².